The first-order valence-electron chi connectivity index (χ1n) is 33.3. The Labute approximate surface area is 558 Å². The molecule has 1 saturated carbocycles. The van der Waals surface area contributed by atoms with Gasteiger partial charge in [-0.2, -0.15) is 0 Å². The lowest BCUT2D eigenvalue weighted by Crippen LogP contribution is -2.66. The van der Waals surface area contributed by atoms with Crippen molar-refractivity contribution < 1.29 is 102 Å². The SMILES string of the molecule is C[C@H](C(=O)C[C@@H]1C[C@H](C)[C@@H](O[C@H]2O[C@H](CCCCO)[C@@H](O)C[C@H]2NC(=O)OCc2ccccc2)[C@H](O[C@@H]2O[C@H](CO)[C@@H](O[C@H]3O[C@H]4CCC(c5ccccc5)O[C@H]4[C@H](O)[C@H]3NC(=O)OCc3ccccc3)[C@H]2O)[C@H]1O)[C@H](CNC(=O)OCc1ccccc1)OCc1ccccc1. The topological polar surface area (TPSA) is 327 Å². The van der Waals surface area contributed by atoms with E-state index in [4.69, 9.17) is 52.1 Å². The van der Waals surface area contributed by atoms with Crippen LogP contribution in [0.4, 0.5) is 14.4 Å². The molecule has 1 unspecified atom stereocenters. The Hall–Kier alpha value is -6.98. The molecule has 5 aromatic carbocycles. The van der Waals surface area contributed by atoms with Gasteiger partial charge in [0, 0.05) is 31.9 Å². The zero-order valence-corrected chi connectivity index (χ0v) is 54.0. The largest absolute Gasteiger partial charge is 0.445 e. The van der Waals surface area contributed by atoms with Crippen molar-refractivity contribution in [2.45, 2.75) is 202 Å². The summed E-state index contributed by atoms with van der Waals surface area (Å²) in [6.07, 6.45) is -20.4. The van der Waals surface area contributed by atoms with Crippen molar-refractivity contribution in [1.29, 1.82) is 0 Å². The Balaban J connectivity index is 0.903. The minimum atomic E-state index is -1.79. The van der Waals surface area contributed by atoms with Crippen molar-refractivity contribution in [2.24, 2.45) is 17.8 Å². The van der Waals surface area contributed by atoms with Crippen molar-refractivity contribution in [3.8, 4) is 0 Å². The number of benzene rings is 5. The Bertz CT molecular complexity index is 3170. The molecule has 0 bridgehead atoms. The lowest BCUT2D eigenvalue weighted by molar-refractivity contribution is -0.311. The van der Waals surface area contributed by atoms with Gasteiger partial charge in [0.2, 0.25) is 0 Å². The minimum absolute atomic E-state index is 0.00987. The van der Waals surface area contributed by atoms with Gasteiger partial charge in [0.15, 0.2) is 18.9 Å². The summed E-state index contributed by atoms with van der Waals surface area (Å²) in [6.45, 7) is 2.47. The molecule has 4 heterocycles. The molecule has 4 saturated heterocycles. The highest BCUT2D eigenvalue weighted by Crippen LogP contribution is 2.43. The van der Waals surface area contributed by atoms with E-state index in [2.05, 4.69) is 16.0 Å². The smallest absolute Gasteiger partial charge is 0.407 e. The second-order valence-electron chi connectivity index (χ2n) is 25.4. The molecule has 21 atom stereocenters. The number of aliphatic hydroxyl groups excluding tert-OH is 6. The third-order valence-electron chi connectivity index (χ3n) is 18.6. The van der Waals surface area contributed by atoms with Crippen molar-refractivity contribution in [1.82, 2.24) is 16.0 Å². The van der Waals surface area contributed by atoms with Crippen LogP contribution in [0.1, 0.15) is 99.1 Å². The van der Waals surface area contributed by atoms with Crippen molar-refractivity contribution in [2.75, 3.05) is 19.8 Å². The van der Waals surface area contributed by atoms with E-state index in [9.17, 15) is 49.8 Å². The quantitative estimate of drug-likeness (QED) is 0.0180. The average Bonchev–Trinajstić information content (AvgIpc) is 1.23. The van der Waals surface area contributed by atoms with E-state index in [-0.39, 0.29) is 64.6 Å². The van der Waals surface area contributed by atoms with Crippen LogP contribution in [0.15, 0.2) is 152 Å². The van der Waals surface area contributed by atoms with Crippen LogP contribution in [0.25, 0.3) is 0 Å². The van der Waals surface area contributed by atoms with Crippen LogP contribution in [0.3, 0.4) is 0 Å². The van der Waals surface area contributed by atoms with E-state index >= 15 is 0 Å². The van der Waals surface area contributed by atoms with Gasteiger partial charge in [0.05, 0.1) is 62.0 Å². The molecule has 24 heteroatoms. The first-order valence-corrected chi connectivity index (χ1v) is 33.3. The predicted octanol–water partition coefficient (Wildman–Crippen LogP) is 6.58. The molecule has 5 aromatic rings. The maximum Gasteiger partial charge on any atom is 0.407 e. The normalized spacial score (nSPS) is 31.0. The zero-order chi connectivity index (χ0) is 67.5. The maximum atomic E-state index is 14.8. The molecule has 10 rings (SSSR count). The van der Waals surface area contributed by atoms with E-state index in [0.29, 0.717) is 37.7 Å². The molecule has 3 amide bonds. The van der Waals surface area contributed by atoms with Crippen LogP contribution in [-0.4, -0.2) is 179 Å². The van der Waals surface area contributed by atoms with Gasteiger partial charge in [-0.15, -0.1) is 0 Å². The van der Waals surface area contributed by atoms with Crippen molar-refractivity contribution in [3.63, 3.8) is 0 Å². The molecule has 0 radical (unpaired) electrons. The number of amides is 3. The average molecular weight is 1330 g/mol. The number of alkyl carbamates (subject to hydrolysis) is 3. The van der Waals surface area contributed by atoms with Gasteiger partial charge in [0.25, 0.3) is 0 Å². The predicted molar refractivity (Wildman–Crippen MR) is 343 cm³/mol. The molecule has 5 aliphatic rings. The number of ketones is 1. The molecule has 24 nitrogen and oxygen atoms in total. The van der Waals surface area contributed by atoms with Crippen LogP contribution in [0.2, 0.25) is 0 Å². The summed E-state index contributed by atoms with van der Waals surface area (Å²) in [7, 11) is 0. The highest BCUT2D eigenvalue weighted by atomic mass is 16.8. The number of hydrogen-bond acceptors (Lipinski definition) is 21. The molecule has 9 N–H and O–H groups in total. The highest BCUT2D eigenvalue weighted by molar-refractivity contribution is 5.81. The summed E-state index contributed by atoms with van der Waals surface area (Å²) in [5, 5.41) is 78.2. The molecular formula is C72H91N3O21. The van der Waals surface area contributed by atoms with Gasteiger partial charge in [-0.3, -0.25) is 4.79 Å². The highest BCUT2D eigenvalue weighted by Gasteiger charge is 2.56. The fraction of sp³-hybridized carbons (Fsp3) is 0.528. The standard InChI is InChI=1S/C72H91N3O21/c1-43-34-50(35-52(78)44(2)57(86-39-45-20-8-3-9-21-45)37-73-70(83)87-40-46-22-10-4-11-23-46)60(80)66(63(43)94-67-51(36-53(79)55(91-67)30-18-19-33-76)74-71(84)88-41-47-24-12-5-13-25-47)96-69-62(82)65(58(38-77)93-69)95-68-59(75-72(85)89-42-48-26-14-6-15-27-48)61(81)64-56(92-68)32-31-54(90-64)49-28-16-7-17-29-49/h3-17,20-29,43-44,50-51,53-69,76-77,79-82H,18-19,30-42H2,1-2H3,(H,73,83)(H,74,84)(H,75,85)/t43-,44+,50-,51+,53-,54?,55+,56-,57-,58+,59+,60-,61+,62+,63+,64+,65+,66+,67+,68+,69-/m0/s1. The van der Waals surface area contributed by atoms with Gasteiger partial charge in [-0.25, -0.2) is 14.4 Å². The fourth-order valence-corrected chi connectivity index (χ4v) is 13.2. The van der Waals surface area contributed by atoms with E-state index < -0.39 is 153 Å². The number of unbranched alkanes of at least 4 members (excludes halogenated alkanes) is 1. The summed E-state index contributed by atoms with van der Waals surface area (Å²) in [6, 6.07) is 43.5. The van der Waals surface area contributed by atoms with E-state index in [1.807, 2.05) is 110 Å². The first kappa shape index (κ1) is 71.8. The molecule has 0 aromatic heterocycles. The fourth-order valence-electron chi connectivity index (χ4n) is 13.2. The first-order chi connectivity index (χ1) is 46.6. The number of nitrogens with one attached hydrogen (secondary N) is 3. The molecule has 5 fully saturated rings. The van der Waals surface area contributed by atoms with Crippen LogP contribution < -0.4 is 16.0 Å². The molecular weight excluding hydrogens is 1240 g/mol. The summed E-state index contributed by atoms with van der Waals surface area (Å²) >= 11 is 0. The number of hydrogen-bond donors (Lipinski definition) is 9. The van der Waals surface area contributed by atoms with Gasteiger partial charge in [-0.1, -0.05) is 166 Å². The molecule has 1 aliphatic carbocycles. The lowest BCUT2D eigenvalue weighted by atomic mass is 9.73. The van der Waals surface area contributed by atoms with Gasteiger partial charge in [0.1, 0.15) is 68.3 Å². The van der Waals surface area contributed by atoms with Crippen LogP contribution >= 0.6 is 0 Å². The van der Waals surface area contributed by atoms with E-state index in [1.165, 1.54) is 0 Å². The molecule has 4 aliphatic heterocycles. The second kappa shape index (κ2) is 35.5. The minimum Gasteiger partial charge on any atom is -0.445 e. The van der Waals surface area contributed by atoms with Gasteiger partial charge >= 0.3 is 18.3 Å². The van der Waals surface area contributed by atoms with Crippen molar-refractivity contribution >= 4 is 24.1 Å². The number of rotatable bonds is 29. The number of aliphatic hydroxyl groups is 6. The second-order valence-corrected chi connectivity index (χ2v) is 25.4. The number of fused-ring (bicyclic) bond motifs is 1. The summed E-state index contributed by atoms with van der Waals surface area (Å²) < 4.78 is 69.2. The van der Waals surface area contributed by atoms with Gasteiger partial charge in [-0.05, 0) is 78.2 Å². The third-order valence-corrected chi connectivity index (χ3v) is 18.6. The maximum absolute atomic E-state index is 14.8. The number of Topliss-reactive ketones (excluding diaryl/α,β-unsaturated/α-hetero) is 1. The Morgan fingerprint density at radius 1 is 0.552 bits per heavy atom. The summed E-state index contributed by atoms with van der Waals surface area (Å²) in [5.41, 5.74) is 3.90. The van der Waals surface area contributed by atoms with Gasteiger partial charge < -0.3 is 98.7 Å². The zero-order valence-electron chi connectivity index (χ0n) is 54.0. The Morgan fingerprint density at radius 3 is 1.69 bits per heavy atom. The van der Waals surface area contributed by atoms with Crippen LogP contribution in [-0.2, 0) is 83.3 Å². The van der Waals surface area contributed by atoms with Crippen LogP contribution in [0, 0.1) is 17.8 Å². The summed E-state index contributed by atoms with van der Waals surface area (Å²) in [4.78, 5) is 55.3. The van der Waals surface area contributed by atoms with Crippen molar-refractivity contribution in [3.05, 3.63) is 179 Å². The summed E-state index contributed by atoms with van der Waals surface area (Å²) in [5.74, 6) is -2.67. The molecule has 520 valence electrons. The molecule has 96 heavy (non-hydrogen) atoms. The number of carbonyl (C=O) groups is 4. The van der Waals surface area contributed by atoms with E-state index in [1.54, 1.807) is 55.5 Å². The number of carbonyl (C=O) groups excluding carboxylic acids is 4. The lowest BCUT2D eigenvalue weighted by Gasteiger charge is -2.48. The van der Waals surface area contributed by atoms with E-state index in [0.717, 1.165) is 22.3 Å². The molecule has 0 spiro atoms. The Morgan fingerprint density at radius 2 is 1.09 bits per heavy atom. The monoisotopic (exact) mass is 1330 g/mol. The van der Waals surface area contributed by atoms with Crippen LogP contribution in [0.5, 0.6) is 0 Å². The third kappa shape index (κ3) is 19.4. The Kier molecular flexibility index (Phi) is 26.5. The number of ether oxygens (including phenoxy) is 11.